The molecule has 0 amide bonds. The lowest BCUT2D eigenvalue weighted by Crippen LogP contribution is -2.39. The average Bonchev–Trinajstić information content (AvgIpc) is 2.36. The third kappa shape index (κ3) is 6.41. The number of hydrogen-bond acceptors (Lipinski definition) is 3. The Morgan fingerprint density at radius 2 is 1.88 bits per heavy atom. The summed E-state index contributed by atoms with van der Waals surface area (Å²) in [6.07, 6.45) is 1.01. The van der Waals surface area contributed by atoms with Crippen molar-refractivity contribution in [2.75, 3.05) is 13.2 Å². The molecular formula is C14H24N2O. The Kier molecular flexibility index (Phi) is 6.86. The maximum atomic E-state index is 5.63. The second kappa shape index (κ2) is 8.23. The van der Waals surface area contributed by atoms with Crippen LogP contribution in [-0.2, 0) is 11.3 Å². The minimum absolute atomic E-state index is 0.374. The molecule has 0 saturated heterocycles. The Morgan fingerprint density at radius 1 is 1.18 bits per heavy atom. The first kappa shape index (κ1) is 14.2. The van der Waals surface area contributed by atoms with Gasteiger partial charge in [-0.05, 0) is 25.8 Å². The van der Waals surface area contributed by atoms with Crippen molar-refractivity contribution in [1.29, 1.82) is 0 Å². The van der Waals surface area contributed by atoms with Crippen molar-refractivity contribution in [3.8, 4) is 0 Å². The van der Waals surface area contributed by atoms with Crippen LogP contribution in [0.15, 0.2) is 30.3 Å². The normalized spacial score (nSPS) is 14.5. The lowest BCUT2D eigenvalue weighted by molar-refractivity contribution is 0.111. The Labute approximate surface area is 104 Å². The maximum absolute atomic E-state index is 5.63. The van der Waals surface area contributed by atoms with Crippen molar-refractivity contribution in [3.05, 3.63) is 35.9 Å². The lowest BCUT2D eigenvalue weighted by Gasteiger charge is -2.18. The van der Waals surface area contributed by atoms with Crippen LogP contribution in [-0.4, -0.2) is 25.2 Å². The molecule has 2 atom stereocenters. The molecule has 17 heavy (non-hydrogen) atoms. The van der Waals surface area contributed by atoms with Crippen molar-refractivity contribution in [1.82, 2.24) is 5.32 Å². The van der Waals surface area contributed by atoms with Crippen molar-refractivity contribution >= 4 is 0 Å². The molecule has 1 aromatic carbocycles. The van der Waals surface area contributed by atoms with E-state index in [1.165, 1.54) is 5.56 Å². The summed E-state index contributed by atoms with van der Waals surface area (Å²) in [5, 5.41) is 3.42. The van der Waals surface area contributed by atoms with E-state index in [-0.39, 0.29) is 0 Å². The van der Waals surface area contributed by atoms with Crippen molar-refractivity contribution in [2.24, 2.45) is 5.73 Å². The third-order valence-electron chi connectivity index (χ3n) is 2.73. The second-order valence-corrected chi connectivity index (χ2v) is 4.53. The van der Waals surface area contributed by atoms with E-state index < -0.39 is 0 Å². The van der Waals surface area contributed by atoms with E-state index in [0.717, 1.165) is 13.0 Å². The summed E-state index contributed by atoms with van der Waals surface area (Å²) < 4.78 is 5.63. The van der Waals surface area contributed by atoms with Crippen LogP contribution in [0.4, 0.5) is 0 Å². The van der Waals surface area contributed by atoms with Gasteiger partial charge < -0.3 is 15.8 Å². The van der Waals surface area contributed by atoms with Crippen LogP contribution in [0, 0.1) is 0 Å². The zero-order valence-corrected chi connectivity index (χ0v) is 10.9. The molecule has 0 heterocycles. The molecule has 0 radical (unpaired) electrons. The molecule has 0 saturated carbocycles. The molecule has 96 valence electrons. The van der Waals surface area contributed by atoms with Gasteiger partial charge >= 0.3 is 0 Å². The highest BCUT2D eigenvalue weighted by molar-refractivity contribution is 5.13. The first-order chi connectivity index (χ1) is 8.22. The highest BCUT2D eigenvalue weighted by Crippen LogP contribution is 2.01. The van der Waals surface area contributed by atoms with E-state index in [2.05, 4.69) is 31.3 Å². The molecule has 0 aliphatic carbocycles. The van der Waals surface area contributed by atoms with Crippen LogP contribution in [0.25, 0.3) is 0 Å². The molecule has 2 unspecified atom stereocenters. The van der Waals surface area contributed by atoms with Crippen LogP contribution in [0.1, 0.15) is 25.8 Å². The molecule has 1 rings (SSSR count). The van der Waals surface area contributed by atoms with Crippen molar-refractivity contribution < 1.29 is 4.74 Å². The summed E-state index contributed by atoms with van der Waals surface area (Å²) in [4.78, 5) is 0. The minimum atomic E-state index is 0.374. The zero-order valence-electron chi connectivity index (χ0n) is 10.9. The van der Waals surface area contributed by atoms with Crippen LogP contribution < -0.4 is 11.1 Å². The number of hydrogen-bond donors (Lipinski definition) is 2. The number of nitrogens with one attached hydrogen (secondary N) is 1. The van der Waals surface area contributed by atoms with Gasteiger partial charge in [-0.1, -0.05) is 30.3 Å². The Hall–Kier alpha value is -0.900. The molecule has 1 aromatic rings. The molecule has 0 aromatic heterocycles. The van der Waals surface area contributed by atoms with Crippen molar-refractivity contribution in [2.45, 2.75) is 39.0 Å². The number of ether oxygens (including phenoxy) is 1. The van der Waals surface area contributed by atoms with Gasteiger partial charge in [0.25, 0.3) is 0 Å². The fourth-order valence-corrected chi connectivity index (χ4v) is 1.66. The summed E-state index contributed by atoms with van der Waals surface area (Å²) in [5.74, 6) is 0. The molecule has 0 aliphatic rings. The fraction of sp³-hybridized carbons (Fsp3) is 0.571. The van der Waals surface area contributed by atoms with E-state index >= 15 is 0 Å². The van der Waals surface area contributed by atoms with E-state index in [1.54, 1.807) is 0 Å². The molecule has 0 bridgehead atoms. The maximum Gasteiger partial charge on any atom is 0.0716 e. The lowest BCUT2D eigenvalue weighted by atomic mass is 10.2. The first-order valence-electron chi connectivity index (χ1n) is 6.30. The predicted molar refractivity (Wildman–Crippen MR) is 71.8 cm³/mol. The second-order valence-electron chi connectivity index (χ2n) is 4.53. The van der Waals surface area contributed by atoms with Gasteiger partial charge in [0.15, 0.2) is 0 Å². The summed E-state index contributed by atoms with van der Waals surface area (Å²) >= 11 is 0. The van der Waals surface area contributed by atoms with Gasteiger partial charge in [-0.15, -0.1) is 0 Å². The standard InChI is InChI=1S/C14H24N2O/c1-12(16-13(2)10-15)8-9-17-11-14-6-4-3-5-7-14/h3-7,12-13,16H,8-11,15H2,1-2H3. The van der Waals surface area contributed by atoms with Gasteiger partial charge in [-0.3, -0.25) is 0 Å². The summed E-state index contributed by atoms with van der Waals surface area (Å²) in [7, 11) is 0. The summed E-state index contributed by atoms with van der Waals surface area (Å²) in [5.41, 5.74) is 6.78. The Morgan fingerprint density at radius 3 is 2.53 bits per heavy atom. The Balaban J connectivity index is 2.08. The highest BCUT2D eigenvalue weighted by atomic mass is 16.5. The number of benzene rings is 1. The van der Waals surface area contributed by atoms with Gasteiger partial charge in [0.05, 0.1) is 6.61 Å². The number of rotatable bonds is 8. The molecule has 3 nitrogen and oxygen atoms in total. The monoisotopic (exact) mass is 236 g/mol. The smallest absolute Gasteiger partial charge is 0.0716 e. The fourth-order valence-electron chi connectivity index (χ4n) is 1.66. The van der Waals surface area contributed by atoms with Gasteiger partial charge in [-0.2, -0.15) is 0 Å². The molecule has 0 fully saturated rings. The van der Waals surface area contributed by atoms with E-state index in [4.69, 9.17) is 10.5 Å². The first-order valence-corrected chi connectivity index (χ1v) is 6.30. The largest absolute Gasteiger partial charge is 0.377 e. The van der Waals surface area contributed by atoms with E-state index in [9.17, 15) is 0 Å². The van der Waals surface area contributed by atoms with Crippen LogP contribution >= 0.6 is 0 Å². The topological polar surface area (TPSA) is 47.3 Å². The highest BCUT2D eigenvalue weighted by Gasteiger charge is 2.05. The minimum Gasteiger partial charge on any atom is -0.377 e. The molecule has 3 heteroatoms. The third-order valence-corrected chi connectivity index (χ3v) is 2.73. The average molecular weight is 236 g/mol. The van der Waals surface area contributed by atoms with Crippen LogP contribution in [0.3, 0.4) is 0 Å². The SMILES string of the molecule is CC(CN)NC(C)CCOCc1ccccc1. The zero-order chi connectivity index (χ0) is 12.5. The van der Waals surface area contributed by atoms with Crippen LogP contribution in [0.5, 0.6) is 0 Å². The predicted octanol–water partition coefficient (Wildman–Crippen LogP) is 1.92. The quantitative estimate of drug-likeness (QED) is 0.678. The molecule has 3 N–H and O–H groups in total. The Bertz CT molecular complexity index is 290. The van der Waals surface area contributed by atoms with E-state index in [0.29, 0.717) is 25.2 Å². The molecule has 0 aliphatic heterocycles. The molecule has 0 spiro atoms. The summed E-state index contributed by atoms with van der Waals surface area (Å²) in [6, 6.07) is 11.1. The van der Waals surface area contributed by atoms with Gasteiger partial charge in [-0.25, -0.2) is 0 Å². The van der Waals surface area contributed by atoms with Crippen molar-refractivity contribution in [3.63, 3.8) is 0 Å². The van der Waals surface area contributed by atoms with Gasteiger partial charge in [0, 0.05) is 25.2 Å². The van der Waals surface area contributed by atoms with E-state index in [1.807, 2.05) is 18.2 Å². The van der Waals surface area contributed by atoms with Gasteiger partial charge in [0.2, 0.25) is 0 Å². The summed E-state index contributed by atoms with van der Waals surface area (Å²) in [6.45, 7) is 6.41. The van der Waals surface area contributed by atoms with Crippen LogP contribution in [0.2, 0.25) is 0 Å². The van der Waals surface area contributed by atoms with Gasteiger partial charge in [0.1, 0.15) is 0 Å². The molecular weight excluding hydrogens is 212 g/mol. The number of nitrogens with two attached hydrogens (primary N) is 1.